The Morgan fingerprint density at radius 3 is 2.78 bits per heavy atom. The number of nitrogens with two attached hydrogens (primary N) is 1. The van der Waals surface area contributed by atoms with Crippen LogP contribution in [-0.4, -0.2) is 22.6 Å². The standard InChI is InChI=1S/C13H24N4O/c1-4-11(5-6-14)9-16-12-13(18)17(10(2)3)8-7-15-12/h7-8,10-11H,4-6,9,14H2,1-3H3,(H,15,16). The van der Waals surface area contributed by atoms with Crippen molar-refractivity contribution in [3.63, 3.8) is 0 Å². The molecule has 0 spiro atoms. The highest BCUT2D eigenvalue weighted by molar-refractivity contribution is 5.30. The number of anilines is 1. The quantitative estimate of drug-likeness (QED) is 0.773. The molecular formula is C13H24N4O. The number of hydrogen-bond donors (Lipinski definition) is 2. The second kappa shape index (κ2) is 7.16. The van der Waals surface area contributed by atoms with Crippen LogP contribution in [0.2, 0.25) is 0 Å². The molecule has 5 heteroatoms. The molecule has 0 amide bonds. The summed E-state index contributed by atoms with van der Waals surface area (Å²) in [6.07, 6.45) is 5.40. The fourth-order valence-corrected chi connectivity index (χ4v) is 1.88. The summed E-state index contributed by atoms with van der Waals surface area (Å²) in [6.45, 7) is 7.52. The third kappa shape index (κ3) is 3.84. The van der Waals surface area contributed by atoms with Crippen LogP contribution < -0.4 is 16.6 Å². The maximum absolute atomic E-state index is 12.1. The van der Waals surface area contributed by atoms with Crippen LogP contribution in [0.4, 0.5) is 5.82 Å². The van der Waals surface area contributed by atoms with E-state index in [1.807, 2.05) is 13.8 Å². The van der Waals surface area contributed by atoms with Crippen molar-refractivity contribution in [2.45, 2.75) is 39.7 Å². The van der Waals surface area contributed by atoms with Crippen LogP contribution in [0.25, 0.3) is 0 Å². The van der Waals surface area contributed by atoms with Crippen molar-refractivity contribution in [2.75, 3.05) is 18.4 Å². The average molecular weight is 252 g/mol. The smallest absolute Gasteiger partial charge is 0.293 e. The predicted molar refractivity (Wildman–Crippen MR) is 74.8 cm³/mol. The van der Waals surface area contributed by atoms with Gasteiger partial charge in [0.1, 0.15) is 0 Å². The number of aromatic nitrogens is 2. The second-order valence-electron chi connectivity index (χ2n) is 4.81. The van der Waals surface area contributed by atoms with Crippen LogP contribution in [0.3, 0.4) is 0 Å². The van der Waals surface area contributed by atoms with Gasteiger partial charge in [-0.25, -0.2) is 4.98 Å². The summed E-state index contributed by atoms with van der Waals surface area (Å²) in [5.74, 6) is 0.922. The molecule has 1 aromatic heterocycles. The predicted octanol–water partition coefficient (Wildman–Crippen LogP) is 1.61. The lowest BCUT2D eigenvalue weighted by atomic mass is 10.0. The van der Waals surface area contributed by atoms with Crippen LogP contribution in [0.1, 0.15) is 39.7 Å². The Hall–Kier alpha value is -1.36. The molecule has 1 aromatic rings. The van der Waals surface area contributed by atoms with Crippen molar-refractivity contribution in [2.24, 2.45) is 11.7 Å². The molecule has 102 valence electrons. The van der Waals surface area contributed by atoms with E-state index in [0.717, 1.165) is 19.4 Å². The monoisotopic (exact) mass is 252 g/mol. The zero-order valence-corrected chi connectivity index (χ0v) is 11.5. The van der Waals surface area contributed by atoms with Crippen molar-refractivity contribution in [3.8, 4) is 0 Å². The van der Waals surface area contributed by atoms with Crippen molar-refractivity contribution in [1.82, 2.24) is 9.55 Å². The van der Waals surface area contributed by atoms with Gasteiger partial charge in [0.05, 0.1) is 0 Å². The molecule has 5 nitrogen and oxygen atoms in total. The minimum Gasteiger partial charge on any atom is -0.365 e. The largest absolute Gasteiger partial charge is 0.365 e. The number of nitrogens with zero attached hydrogens (tertiary/aromatic N) is 2. The molecule has 1 rings (SSSR count). The van der Waals surface area contributed by atoms with Crippen LogP contribution in [0.5, 0.6) is 0 Å². The summed E-state index contributed by atoms with van der Waals surface area (Å²) < 4.78 is 1.68. The topological polar surface area (TPSA) is 72.9 Å². The summed E-state index contributed by atoms with van der Waals surface area (Å²) in [5.41, 5.74) is 5.50. The molecule has 0 aromatic carbocycles. The summed E-state index contributed by atoms with van der Waals surface area (Å²) in [5, 5.41) is 3.14. The Morgan fingerprint density at radius 2 is 2.22 bits per heavy atom. The first-order chi connectivity index (χ1) is 8.60. The van der Waals surface area contributed by atoms with Crippen LogP contribution in [-0.2, 0) is 0 Å². The third-order valence-electron chi connectivity index (χ3n) is 3.13. The van der Waals surface area contributed by atoms with Gasteiger partial charge in [0.2, 0.25) is 0 Å². The lowest BCUT2D eigenvalue weighted by Gasteiger charge is -2.16. The molecule has 18 heavy (non-hydrogen) atoms. The van der Waals surface area contributed by atoms with Gasteiger partial charge in [-0.2, -0.15) is 0 Å². The van der Waals surface area contributed by atoms with E-state index < -0.39 is 0 Å². The number of nitrogens with one attached hydrogen (secondary N) is 1. The van der Waals surface area contributed by atoms with E-state index >= 15 is 0 Å². The highest BCUT2D eigenvalue weighted by Gasteiger charge is 2.09. The van der Waals surface area contributed by atoms with E-state index in [0.29, 0.717) is 18.3 Å². The van der Waals surface area contributed by atoms with Crippen molar-refractivity contribution >= 4 is 5.82 Å². The lowest BCUT2D eigenvalue weighted by molar-refractivity contribution is 0.499. The third-order valence-corrected chi connectivity index (χ3v) is 3.13. The number of rotatable bonds is 7. The van der Waals surface area contributed by atoms with E-state index in [4.69, 9.17) is 5.73 Å². The summed E-state index contributed by atoms with van der Waals surface area (Å²) >= 11 is 0. The molecule has 0 saturated heterocycles. The molecule has 0 fully saturated rings. The van der Waals surface area contributed by atoms with Gasteiger partial charge in [-0.15, -0.1) is 0 Å². The highest BCUT2D eigenvalue weighted by Crippen LogP contribution is 2.08. The average Bonchev–Trinajstić information content (AvgIpc) is 2.35. The Kier molecular flexibility index (Phi) is 5.85. The van der Waals surface area contributed by atoms with Gasteiger partial charge in [-0.1, -0.05) is 13.3 Å². The van der Waals surface area contributed by atoms with Crippen molar-refractivity contribution < 1.29 is 0 Å². The van der Waals surface area contributed by atoms with Crippen LogP contribution in [0.15, 0.2) is 17.2 Å². The first-order valence-electron chi connectivity index (χ1n) is 6.61. The van der Waals surface area contributed by atoms with Crippen LogP contribution >= 0.6 is 0 Å². The number of hydrogen-bond acceptors (Lipinski definition) is 4. The van der Waals surface area contributed by atoms with Gasteiger partial charge in [0.25, 0.3) is 5.56 Å². The first-order valence-corrected chi connectivity index (χ1v) is 6.61. The minimum atomic E-state index is -0.0601. The molecule has 1 atom stereocenters. The molecular weight excluding hydrogens is 228 g/mol. The Bertz CT molecular complexity index is 414. The van der Waals surface area contributed by atoms with Crippen molar-refractivity contribution in [1.29, 1.82) is 0 Å². The second-order valence-corrected chi connectivity index (χ2v) is 4.81. The minimum absolute atomic E-state index is 0.0601. The zero-order valence-electron chi connectivity index (χ0n) is 11.5. The Labute approximate surface area is 108 Å². The highest BCUT2D eigenvalue weighted by atomic mass is 16.1. The molecule has 3 N–H and O–H groups in total. The van der Waals surface area contributed by atoms with Gasteiger partial charge in [-0.05, 0) is 32.7 Å². The fourth-order valence-electron chi connectivity index (χ4n) is 1.88. The molecule has 0 aliphatic rings. The fraction of sp³-hybridized carbons (Fsp3) is 0.692. The van der Waals surface area contributed by atoms with E-state index in [1.165, 1.54) is 0 Å². The Balaban J connectivity index is 2.73. The van der Waals surface area contributed by atoms with E-state index in [-0.39, 0.29) is 11.6 Å². The molecule has 1 unspecified atom stereocenters. The van der Waals surface area contributed by atoms with Gasteiger partial charge in [0, 0.05) is 25.0 Å². The molecule has 0 aliphatic carbocycles. The lowest BCUT2D eigenvalue weighted by Crippen LogP contribution is -2.27. The van der Waals surface area contributed by atoms with Crippen molar-refractivity contribution in [3.05, 3.63) is 22.7 Å². The molecule has 0 radical (unpaired) electrons. The van der Waals surface area contributed by atoms with E-state index in [1.54, 1.807) is 17.0 Å². The normalized spacial score (nSPS) is 12.7. The van der Waals surface area contributed by atoms with Gasteiger partial charge in [-0.3, -0.25) is 4.79 Å². The summed E-state index contributed by atoms with van der Waals surface area (Å²) in [4.78, 5) is 16.2. The molecule has 0 aliphatic heterocycles. The Morgan fingerprint density at radius 1 is 1.50 bits per heavy atom. The molecule has 1 heterocycles. The summed E-state index contributed by atoms with van der Waals surface area (Å²) in [6, 6.07) is 0.145. The maximum atomic E-state index is 12.1. The van der Waals surface area contributed by atoms with Gasteiger partial charge in [0.15, 0.2) is 5.82 Å². The van der Waals surface area contributed by atoms with Crippen LogP contribution in [0, 0.1) is 5.92 Å². The van der Waals surface area contributed by atoms with Gasteiger partial charge >= 0.3 is 0 Å². The first kappa shape index (κ1) is 14.7. The van der Waals surface area contributed by atoms with E-state index in [9.17, 15) is 4.79 Å². The SMILES string of the molecule is CCC(CCN)CNc1nccn(C(C)C)c1=O. The summed E-state index contributed by atoms with van der Waals surface area (Å²) in [7, 11) is 0. The zero-order chi connectivity index (χ0) is 13.5. The molecule has 0 bridgehead atoms. The van der Waals surface area contributed by atoms with Gasteiger partial charge < -0.3 is 15.6 Å². The molecule has 0 saturated carbocycles. The van der Waals surface area contributed by atoms with E-state index in [2.05, 4.69) is 17.2 Å². The maximum Gasteiger partial charge on any atom is 0.293 e.